The molecule has 0 radical (unpaired) electrons. The van der Waals surface area contributed by atoms with Crippen LogP contribution in [0.15, 0.2) is 48.5 Å². The summed E-state index contributed by atoms with van der Waals surface area (Å²) in [5.74, 6) is -0.665. The number of nitrogens with zero attached hydrogens (tertiary/aromatic N) is 1. The summed E-state index contributed by atoms with van der Waals surface area (Å²) in [4.78, 5) is 45.9. The lowest BCUT2D eigenvalue weighted by Gasteiger charge is -2.38. The predicted molar refractivity (Wildman–Crippen MR) is 140 cm³/mol. The SMILES string of the molecule is CC[C@@H](C)NC(=O)[C@@H](NC(=O)[C@@H]1Cc2c([nH]c3ccccc23)[C@@H]2c3ccccc3C(=O)N21)[C@H](C)CC. The number of amides is 3. The van der Waals surface area contributed by atoms with Crippen LogP contribution in [-0.4, -0.2) is 45.7 Å². The summed E-state index contributed by atoms with van der Waals surface area (Å²) >= 11 is 0. The first-order valence-corrected chi connectivity index (χ1v) is 13.0. The molecule has 3 heterocycles. The van der Waals surface area contributed by atoms with Gasteiger partial charge in [-0.15, -0.1) is 0 Å². The molecule has 0 spiro atoms. The van der Waals surface area contributed by atoms with Crippen molar-refractivity contribution in [2.45, 2.75) is 71.1 Å². The van der Waals surface area contributed by atoms with Gasteiger partial charge in [-0.1, -0.05) is 63.6 Å². The number of carbonyl (C=O) groups excluding carboxylic acids is 3. The Morgan fingerprint density at radius 1 is 1.03 bits per heavy atom. The topological polar surface area (TPSA) is 94.3 Å². The van der Waals surface area contributed by atoms with Gasteiger partial charge in [0.2, 0.25) is 11.8 Å². The predicted octanol–water partition coefficient (Wildman–Crippen LogP) is 4.08. The summed E-state index contributed by atoms with van der Waals surface area (Å²) in [5, 5.41) is 7.13. The molecule has 7 heteroatoms. The van der Waals surface area contributed by atoms with Gasteiger partial charge in [-0.05, 0) is 42.5 Å². The van der Waals surface area contributed by atoms with Crippen molar-refractivity contribution in [3.8, 4) is 0 Å². The molecule has 2 aliphatic rings. The Morgan fingerprint density at radius 2 is 1.75 bits per heavy atom. The van der Waals surface area contributed by atoms with Crippen molar-refractivity contribution in [2.75, 3.05) is 0 Å². The van der Waals surface area contributed by atoms with Crippen LogP contribution in [0.3, 0.4) is 0 Å². The molecule has 2 aliphatic heterocycles. The van der Waals surface area contributed by atoms with E-state index in [1.165, 1.54) is 0 Å². The van der Waals surface area contributed by atoms with Crippen LogP contribution in [0.25, 0.3) is 10.9 Å². The van der Waals surface area contributed by atoms with Gasteiger partial charge in [-0.25, -0.2) is 0 Å². The molecule has 5 rings (SSSR count). The number of hydrogen-bond acceptors (Lipinski definition) is 3. The minimum atomic E-state index is -0.718. The van der Waals surface area contributed by atoms with Gasteiger partial charge in [0.05, 0.1) is 6.04 Å². The highest BCUT2D eigenvalue weighted by molar-refractivity contribution is 6.04. The standard InChI is InChI=1S/C29H34N4O3/c1-5-16(3)24(28(35)30-17(4)6-2)32-27(34)23-15-21-18-11-9-10-14-22(18)31-25(21)26-19-12-7-8-13-20(19)29(36)33(23)26/h7-14,16-17,23-24,26,31H,5-6,15H2,1-4H3,(H,30,35)(H,32,34)/t16-,17-,23+,24+,26+/m1/s1. The van der Waals surface area contributed by atoms with Crippen LogP contribution in [0, 0.1) is 5.92 Å². The second-order valence-electron chi connectivity index (χ2n) is 10.2. The van der Waals surface area contributed by atoms with E-state index in [1.54, 1.807) is 4.90 Å². The van der Waals surface area contributed by atoms with Gasteiger partial charge in [-0.3, -0.25) is 14.4 Å². The summed E-state index contributed by atoms with van der Waals surface area (Å²) in [5.41, 5.74) is 4.54. The quantitative estimate of drug-likeness (QED) is 0.470. The summed E-state index contributed by atoms with van der Waals surface area (Å²) in [7, 11) is 0. The van der Waals surface area contributed by atoms with Crippen molar-refractivity contribution >= 4 is 28.6 Å². The van der Waals surface area contributed by atoms with Crippen molar-refractivity contribution < 1.29 is 14.4 Å². The third kappa shape index (κ3) is 3.87. The van der Waals surface area contributed by atoms with Crippen molar-refractivity contribution in [2.24, 2.45) is 5.92 Å². The van der Waals surface area contributed by atoms with Gasteiger partial charge in [0.15, 0.2) is 0 Å². The average molecular weight is 487 g/mol. The van der Waals surface area contributed by atoms with Crippen LogP contribution in [0.1, 0.15) is 73.8 Å². The number of hydrogen-bond donors (Lipinski definition) is 3. The second kappa shape index (κ2) is 9.45. The van der Waals surface area contributed by atoms with Crippen molar-refractivity contribution in [3.63, 3.8) is 0 Å². The first kappa shape index (κ1) is 24.1. The number of para-hydroxylation sites is 1. The molecule has 5 atom stereocenters. The average Bonchev–Trinajstić information content (AvgIpc) is 3.41. The van der Waals surface area contributed by atoms with Gasteiger partial charge in [0.25, 0.3) is 5.91 Å². The fourth-order valence-electron chi connectivity index (χ4n) is 5.52. The third-order valence-electron chi connectivity index (χ3n) is 7.95. The molecular formula is C29H34N4O3. The lowest BCUT2D eigenvalue weighted by Crippen LogP contribution is -2.58. The largest absolute Gasteiger partial charge is 0.356 e. The summed E-state index contributed by atoms with van der Waals surface area (Å²) in [6.07, 6.45) is 1.94. The van der Waals surface area contributed by atoms with E-state index >= 15 is 0 Å². The highest BCUT2D eigenvalue weighted by atomic mass is 16.2. The van der Waals surface area contributed by atoms with Crippen LogP contribution >= 0.6 is 0 Å². The molecule has 3 aromatic rings. The minimum absolute atomic E-state index is 0.0171. The number of benzene rings is 2. The molecule has 0 unspecified atom stereocenters. The minimum Gasteiger partial charge on any atom is -0.356 e. The maximum absolute atomic E-state index is 13.9. The molecule has 188 valence electrons. The second-order valence-corrected chi connectivity index (χ2v) is 10.2. The first-order valence-electron chi connectivity index (χ1n) is 13.0. The fourth-order valence-corrected chi connectivity index (χ4v) is 5.52. The number of fused-ring (bicyclic) bond motifs is 7. The maximum atomic E-state index is 13.9. The van der Waals surface area contributed by atoms with Crippen LogP contribution < -0.4 is 10.6 Å². The monoisotopic (exact) mass is 486 g/mol. The molecule has 2 aromatic carbocycles. The molecule has 0 fully saturated rings. The van der Waals surface area contributed by atoms with Gasteiger partial charge in [-0.2, -0.15) is 0 Å². The van der Waals surface area contributed by atoms with Crippen LogP contribution in [-0.2, 0) is 16.0 Å². The van der Waals surface area contributed by atoms with Gasteiger partial charge < -0.3 is 20.5 Å². The lowest BCUT2D eigenvalue weighted by atomic mass is 9.89. The molecule has 0 aliphatic carbocycles. The Balaban J connectivity index is 1.54. The van der Waals surface area contributed by atoms with Crippen molar-refractivity contribution in [3.05, 3.63) is 70.9 Å². The van der Waals surface area contributed by atoms with E-state index in [9.17, 15) is 14.4 Å². The number of H-pyrrole nitrogens is 1. The van der Waals surface area contributed by atoms with E-state index in [0.29, 0.717) is 12.0 Å². The molecule has 3 N–H and O–H groups in total. The molecule has 7 nitrogen and oxygen atoms in total. The number of nitrogens with one attached hydrogen (secondary N) is 3. The Kier molecular flexibility index (Phi) is 6.33. The van der Waals surface area contributed by atoms with E-state index in [2.05, 4.69) is 21.7 Å². The Labute approximate surface area is 211 Å². The molecule has 0 saturated carbocycles. The molecule has 3 amide bonds. The van der Waals surface area contributed by atoms with Gasteiger partial charge >= 0.3 is 0 Å². The van der Waals surface area contributed by atoms with Gasteiger partial charge in [0, 0.05) is 34.6 Å². The van der Waals surface area contributed by atoms with E-state index in [-0.39, 0.29) is 35.7 Å². The zero-order valence-electron chi connectivity index (χ0n) is 21.3. The van der Waals surface area contributed by atoms with Crippen molar-refractivity contribution in [1.82, 2.24) is 20.5 Å². The zero-order chi connectivity index (χ0) is 25.6. The fraction of sp³-hybridized carbons (Fsp3) is 0.414. The van der Waals surface area contributed by atoms with E-state index in [0.717, 1.165) is 40.6 Å². The van der Waals surface area contributed by atoms with Crippen LogP contribution in [0.4, 0.5) is 0 Å². The molecule has 1 aromatic heterocycles. The van der Waals surface area contributed by atoms with Crippen LogP contribution in [0.5, 0.6) is 0 Å². The van der Waals surface area contributed by atoms with E-state index in [1.807, 2.05) is 70.2 Å². The van der Waals surface area contributed by atoms with Gasteiger partial charge in [0.1, 0.15) is 12.1 Å². The summed E-state index contributed by atoms with van der Waals surface area (Å²) < 4.78 is 0. The summed E-state index contributed by atoms with van der Waals surface area (Å²) in [6, 6.07) is 13.9. The number of aromatic amines is 1. The molecular weight excluding hydrogens is 452 g/mol. The first-order chi connectivity index (χ1) is 17.3. The zero-order valence-corrected chi connectivity index (χ0v) is 21.3. The Bertz CT molecular complexity index is 1330. The van der Waals surface area contributed by atoms with Crippen molar-refractivity contribution in [1.29, 1.82) is 0 Å². The third-order valence-corrected chi connectivity index (χ3v) is 7.95. The lowest BCUT2D eigenvalue weighted by molar-refractivity contribution is -0.133. The number of aromatic nitrogens is 1. The highest BCUT2D eigenvalue weighted by Crippen LogP contribution is 2.46. The van der Waals surface area contributed by atoms with E-state index in [4.69, 9.17) is 0 Å². The Morgan fingerprint density at radius 3 is 2.50 bits per heavy atom. The normalized spacial score (nSPS) is 20.8. The molecule has 36 heavy (non-hydrogen) atoms. The van der Waals surface area contributed by atoms with E-state index < -0.39 is 12.1 Å². The molecule has 0 bridgehead atoms. The molecule has 0 saturated heterocycles. The van der Waals surface area contributed by atoms with Crippen LogP contribution in [0.2, 0.25) is 0 Å². The number of carbonyl (C=O) groups is 3. The highest BCUT2D eigenvalue weighted by Gasteiger charge is 2.49. The number of rotatable bonds is 7. The summed E-state index contributed by atoms with van der Waals surface area (Å²) in [6.45, 7) is 7.95. The Hall–Kier alpha value is -3.61. The maximum Gasteiger partial charge on any atom is 0.255 e. The smallest absolute Gasteiger partial charge is 0.255 e.